The molecule has 0 saturated carbocycles. The number of hydrogen-bond acceptors (Lipinski definition) is 1. The standard InChI is InChI=1S/C15H24N2O/c1-7-17-9(2)11-12(10(17)3)15(6,13(16)18)8-14(11,4)5/h7-8H2,1-6H3,(H2,16,18). The summed E-state index contributed by atoms with van der Waals surface area (Å²) in [6.45, 7) is 13.8. The molecule has 1 aromatic heterocycles. The van der Waals surface area contributed by atoms with Gasteiger partial charge in [0.2, 0.25) is 5.91 Å². The summed E-state index contributed by atoms with van der Waals surface area (Å²) >= 11 is 0. The lowest BCUT2D eigenvalue weighted by Crippen LogP contribution is -2.38. The molecule has 1 aliphatic carbocycles. The average Bonchev–Trinajstić information content (AvgIpc) is 2.61. The van der Waals surface area contributed by atoms with Crippen LogP contribution in [-0.4, -0.2) is 10.5 Å². The van der Waals surface area contributed by atoms with Crippen molar-refractivity contribution in [3.63, 3.8) is 0 Å². The van der Waals surface area contributed by atoms with Gasteiger partial charge >= 0.3 is 0 Å². The molecule has 2 rings (SSSR count). The van der Waals surface area contributed by atoms with Crippen molar-refractivity contribution in [1.82, 2.24) is 4.57 Å². The van der Waals surface area contributed by atoms with Crippen molar-refractivity contribution in [2.75, 3.05) is 0 Å². The van der Waals surface area contributed by atoms with Crippen LogP contribution in [0.15, 0.2) is 0 Å². The molecule has 1 heterocycles. The first kappa shape index (κ1) is 13.2. The Balaban J connectivity index is 2.82. The Kier molecular flexibility index (Phi) is 2.66. The van der Waals surface area contributed by atoms with Crippen LogP contribution in [0, 0.1) is 13.8 Å². The number of carbonyl (C=O) groups excluding carboxylic acids is 1. The van der Waals surface area contributed by atoms with Crippen LogP contribution >= 0.6 is 0 Å². The van der Waals surface area contributed by atoms with Crippen LogP contribution in [-0.2, 0) is 22.2 Å². The van der Waals surface area contributed by atoms with Gasteiger partial charge in [-0.2, -0.15) is 0 Å². The maximum absolute atomic E-state index is 11.9. The van der Waals surface area contributed by atoms with Crippen LogP contribution in [0.1, 0.15) is 56.6 Å². The second kappa shape index (κ2) is 3.62. The molecule has 18 heavy (non-hydrogen) atoms. The van der Waals surface area contributed by atoms with Gasteiger partial charge in [-0.25, -0.2) is 0 Å². The monoisotopic (exact) mass is 248 g/mol. The number of nitrogens with zero attached hydrogens (tertiary/aromatic N) is 1. The number of aromatic nitrogens is 1. The van der Waals surface area contributed by atoms with Gasteiger partial charge < -0.3 is 10.3 Å². The molecule has 0 radical (unpaired) electrons. The normalized spacial score (nSPS) is 25.2. The number of hydrogen-bond donors (Lipinski definition) is 1. The van der Waals surface area contributed by atoms with Crippen LogP contribution in [0.4, 0.5) is 0 Å². The minimum absolute atomic E-state index is 0.0222. The smallest absolute Gasteiger partial charge is 0.227 e. The molecule has 0 fully saturated rings. The zero-order valence-electron chi connectivity index (χ0n) is 12.3. The minimum Gasteiger partial charge on any atom is -0.369 e. The maximum Gasteiger partial charge on any atom is 0.227 e. The lowest BCUT2D eigenvalue weighted by atomic mass is 9.79. The summed E-state index contributed by atoms with van der Waals surface area (Å²) < 4.78 is 2.30. The molecular weight excluding hydrogens is 224 g/mol. The Labute approximate surface area is 109 Å². The van der Waals surface area contributed by atoms with E-state index in [2.05, 4.69) is 39.2 Å². The van der Waals surface area contributed by atoms with Crippen LogP contribution in [0.3, 0.4) is 0 Å². The Bertz CT molecular complexity index is 525. The average molecular weight is 248 g/mol. The third-order valence-electron chi connectivity index (χ3n) is 4.67. The quantitative estimate of drug-likeness (QED) is 0.859. The van der Waals surface area contributed by atoms with Crippen molar-refractivity contribution in [1.29, 1.82) is 0 Å². The van der Waals surface area contributed by atoms with Gasteiger partial charge in [-0.1, -0.05) is 13.8 Å². The molecule has 3 nitrogen and oxygen atoms in total. The lowest BCUT2D eigenvalue weighted by molar-refractivity contribution is -0.123. The summed E-state index contributed by atoms with van der Waals surface area (Å²) in [5.41, 5.74) is 10.2. The highest BCUT2D eigenvalue weighted by molar-refractivity contribution is 5.89. The van der Waals surface area contributed by atoms with Gasteiger partial charge in [0, 0.05) is 17.9 Å². The highest BCUT2D eigenvalue weighted by Gasteiger charge is 2.51. The van der Waals surface area contributed by atoms with E-state index in [0.717, 1.165) is 13.0 Å². The van der Waals surface area contributed by atoms with Crippen molar-refractivity contribution in [2.24, 2.45) is 5.73 Å². The molecule has 1 unspecified atom stereocenters. The van der Waals surface area contributed by atoms with E-state index in [4.69, 9.17) is 5.73 Å². The Morgan fingerprint density at radius 2 is 1.72 bits per heavy atom. The molecule has 100 valence electrons. The largest absolute Gasteiger partial charge is 0.369 e. The van der Waals surface area contributed by atoms with E-state index in [0.29, 0.717) is 0 Å². The van der Waals surface area contributed by atoms with E-state index in [1.54, 1.807) is 0 Å². The van der Waals surface area contributed by atoms with Crippen LogP contribution in [0.25, 0.3) is 0 Å². The van der Waals surface area contributed by atoms with E-state index in [-0.39, 0.29) is 11.3 Å². The number of nitrogens with two attached hydrogens (primary N) is 1. The first-order chi connectivity index (χ1) is 8.16. The van der Waals surface area contributed by atoms with Gasteiger partial charge in [0.15, 0.2) is 0 Å². The topological polar surface area (TPSA) is 48.0 Å². The van der Waals surface area contributed by atoms with Gasteiger partial charge in [-0.05, 0) is 50.7 Å². The summed E-state index contributed by atoms with van der Waals surface area (Å²) in [7, 11) is 0. The highest BCUT2D eigenvalue weighted by Crippen LogP contribution is 2.52. The summed E-state index contributed by atoms with van der Waals surface area (Å²) in [6.07, 6.45) is 0.812. The van der Waals surface area contributed by atoms with E-state index in [1.807, 2.05) is 6.92 Å². The van der Waals surface area contributed by atoms with Crippen molar-refractivity contribution in [3.05, 3.63) is 22.5 Å². The van der Waals surface area contributed by atoms with Crippen molar-refractivity contribution < 1.29 is 4.79 Å². The molecule has 1 atom stereocenters. The second-order valence-corrected chi connectivity index (χ2v) is 6.42. The molecule has 2 N–H and O–H groups in total. The van der Waals surface area contributed by atoms with Gasteiger partial charge in [0.1, 0.15) is 0 Å². The first-order valence-corrected chi connectivity index (χ1v) is 6.67. The zero-order valence-corrected chi connectivity index (χ0v) is 12.3. The third kappa shape index (κ3) is 1.39. The SMILES string of the molecule is CCn1c(C)c2c(c1C)C(C)(C(N)=O)CC2(C)C. The van der Waals surface area contributed by atoms with Crippen LogP contribution in [0.5, 0.6) is 0 Å². The Morgan fingerprint density at radius 1 is 1.22 bits per heavy atom. The summed E-state index contributed by atoms with van der Waals surface area (Å²) in [5, 5.41) is 0. The predicted molar refractivity (Wildman–Crippen MR) is 73.8 cm³/mol. The Hall–Kier alpha value is -1.25. The number of amides is 1. The van der Waals surface area contributed by atoms with Crippen molar-refractivity contribution in [2.45, 2.75) is 65.3 Å². The van der Waals surface area contributed by atoms with E-state index >= 15 is 0 Å². The van der Waals surface area contributed by atoms with Gasteiger partial charge in [-0.15, -0.1) is 0 Å². The molecule has 0 aliphatic heterocycles. The highest BCUT2D eigenvalue weighted by atomic mass is 16.1. The molecule has 0 saturated heterocycles. The van der Waals surface area contributed by atoms with Crippen molar-refractivity contribution >= 4 is 5.91 Å². The fourth-order valence-electron chi connectivity index (χ4n) is 4.13. The number of fused-ring (bicyclic) bond motifs is 1. The summed E-state index contributed by atoms with van der Waals surface area (Å²) in [4.78, 5) is 11.9. The molecule has 1 amide bonds. The van der Waals surface area contributed by atoms with E-state index < -0.39 is 5.41 Å². The van der Waals surface area contributed by atoms with Gasteiger partial charge in [0.25, 0.3) is 0 Å². The predicted octanol–water partition coefficient (Wildman–Crippen LogP) is 2.55. The molecule has 1 aromatic rings. The molecule has 0 spiro atoms. The lowest BCUT2D eigenvalue weighted by Gasteiger charge is -2.26. The van der Waals surface area contributed by atoms with Crippen LogP contribution in [0.2, 0.25) is 0 Å². The number of primary amides is 1. The molecule has 0 bridgehead atoms. The summed E-state index contributed by atoms with van der Waals surface area (Å²) in [6, 6.07) is 0. The van der Waals surface area contributed by atoms with Gasteiger partial charge in [-0.3, -0.25) is 4.79 Å². The maximum atomic E-state index is 11.9. The minimum atomic E-state index is -0.520. The van der Waals surface area contributed by atoms with E-state index in [1.165, 1.54) is 22.5 Å². The molecule has 0 aromatic carbocycles. The second-order valence-electron chi connectivity index (χ2n) is 6.42. The van der Waals surface area contributed by atoms with Gasteiger partial charge in [0.05, 0.1) is 5.41 Å². The van der Waals surface area contributed by atoms with Crippen molar-refractivity contribution in [3.8, 4) is 0 Å². The molecular formula is C15H24N2O. The Morgan fingerprint density at radius 3 is 2.17 bits per heavy atom. The zero-order chi connectivity index (χ0) is 13.9. The fraction of sp³-hybridized carbons (Fsp3) is 0.667. The molecule has 3 heteroatoms. The molecule has 1 aliphatic rings. The first-order valence-electron chi connectivity index (χ1n) is 6.67. The van der Waals surface area contributed by atoms with Crippen LogP contribution < -0.4 is 5.73 Å². The summed E-state index contributed by atoms with van der Waals surface area (Å²) in [5.74, 6) is -0.203. The third-order valence-corrected chi connectivity index (χ3v) is 4.67. The van der Waals surface area contributed by atoms with E-state index in [9.17, 15) is 4.79 Å². The fourth-order valence-corrected chi connectivity index (χ4v) is 4.13. The number of rotatable bonds is 2. The number of carbonyl (C=O) groups is 1.